The lowest BCUT2D eigenvalue weighted by Gasteiger charge is -2.24. The van der Waals surface area contributed by atoms with Gasteiger partial charge < -0.3 is 4.52 Å². The summed E-state index contributed by atoms with van der Waals surface area (Å²) in [5.74, 6) is 0.973. The van der Waals surface area contributed by atoms with Gasteiger partial charge in [0.1, 0.15) is 0 Å². The lowest BCUT2D eigenvalue weighted by Crippen LogP contribution is -2.31. The first-order chi connectivity index (χ1) is 6.27. The lowest BCUT2D eigenvalue weighted by atomic mass is 10.2. The lowest BCUT2D eigenvalue weighted by molar-refractivity contribution is 0.181. The highest BCUT2D eigenvalue weighted by atomic mass is 16.5. The van der Waals surface area contributed by atoms with Crippen molar-refractivity contribution in [2.75, 3.05) is 0 Å². The number of rotatable bonds is 2. The highest BCUT2D eigenvalue weighted by Gasteiger charge is 2.27. The molecule has 1 fully saturated rings. The summed E-state index contributed by atoms with van der Waals surface area (Å²) < 4.78 is 5.10. The minimum absolute atomic E-state index is 0.681. The van der Waals surface area contributed by atoms with Gasteiger partial charge in [0.05, 0.1) is 12.7 Å². The van der Waals surface area contributed by atoms with Gasteiger partial charge in [-0.3, -0.25) is 4.90 Å². The topological polar surface area (TPSA) is 29.3 Å². The zero-order valence-electron chi connectivity index (χ0n) is 8.23. The predicted molar refractivity (Wildman–Crippen MR) is 50.2 cm³/mol. The molecule has 0 amide bonds. The summed E-state index contributed by atoms with van der Waals surface area (Å²) in [5, 5.41) is 3.71. The molecule has 0 spiro atoms. The number of nitrogens with zero attached hydrogens (tertiary/aromatic N) is 2. The Bertz CT molecular complexity index is 248. The second kappa shape index (κ2) is 3.50. The van der Waals surface area contributed by atoms with Crippen LogP contribution in [0.3, 0.4) is 0 Å². The van der Waals surface area contributed by atoms with Crippen LogP contribution in [-0.4, -0.2) is 22.1 Å². The van der Waals surface area contributed by atoms with E-state index in [-0.39, 0.29) is 0 Å². The summed E-state index contributed by atoms with van der Waals surface area (Å²) in [4.78, 5) is 2.47. The first-order valence-electron chi connectivity index (χ1n) is 4.92. The molecule has 0 aliphatic carbocycles. The quantitative estimate of drug-likeness (QED) is 0.697. The summed E-state index contributed by atoms with van der Waals surface area (Å²) in [7, 11) is 0. The molecule has 2 heterocycles. The van der Waals surface area contributed by atoms with Gasteiger partial charge in [-0.05, 0) is 26.7 Å². The van der Waals surface area contributed by atoms with Crippen molar-refractivity contribution >= 4 is 0 Å². The molecule has 1 saturated heterocycles. The molecular formula is C10H16N2O. The van der Waals surface area contributed by atoms with Crippen molar-refractivity contribution in [3.05, 3.63) is 18.0 Å². The number of likely N-dealkylation sites (tertiary alicyclic amines) is 1. The van der Waals surface area contributed by atoms with Crippen molar-refractivity contribution in [3.63, 3.8) is 0 Å². The molecule has 72 valence electrons. The van der Waals surface area contributed by atoms with E-state index in [0.717, 1.165) is 12.3 Å². The van der Waals surface area contributed by atoms with Gasteiger partial charge in [-0.2, -0.15) is 0 Å². The van der Waals surface area contributed by atoms with E-state index >= 15 is 0 Å². The molecule has 3 heteroatoms. The largest absolute Gasteiger partial charge is 0.360 e. The number of aromatic nitrogens is 1. The van der Waals surface area contributed by atoms with E-state index in [9.17, 15) is 0 Å². The van der Waals surface area contributed by atoms with Crippen molar-refractivity contribution in [3.8, 4) is 0 Å². The molecule has 1 aliphatic rings. The minimum Gasteiger partial charge on any atom is -0.360 e. The Kier molecular flexibility index (Phi) is 2.36. The number of hydrogen-bond donors (Lipinski definition) is 0. The molecule has 1 aromatic rings. The van der Waals surface area contributed by atoms with Crippen molar-refractivity contribution in [1.29, 1.82) is 0 Å². The maximum Gasteiger partial charge on any atom is 0.150 e. The van der Waals surface area contributed by atoms with E-state index in [1.165, 1.54) is 12.8 Å². The van der Waals surface area contributed by atoms with Crippen molar-refractivity contribution < 1.29 is 4.52 Å². The number of hydrogen-bond acceptors (Lipinski definition) is 3. The van der Waals surface area contributed by atoms with E-state index in [1.54, 1.807) is 6.20 Å². The van der Waals surface area contributed by atoms with Crippen molar-refractivity contribution in [2.45, 2.75) is 45.3 Å². The van der Waals surface area contributed by atoms with Gasteiger partial charge in [-0.25, -0.2) is 0 Å². The molecule has 0 aromatic carbocycles. The Morgan fingerprint density at radius 2 is 2.15 bits per heavy atom. The second-order valence-electron chi connectivity index (χ2n) is 3.93. The Morgan fingerprint density at radius 1 is 1.46 bits per heavy atom. The van der Waals surface area contributed by atoms with Crippen LogP contribution in [-0.2, 0) is 6.54 Å². The van der Waals surface area contributed by atoms with Gasteiger partial charge in [0.25, 0.3) is 0 Å². The van der Waals surface area contributed by atoms with E-state index in [1.807, 2.05) is 6.07 Å². The second-order valence-corrected chi connectivity index (χ2v) is 3.93. The van der Waals surface area contributed by atoms with E-state index in [2.05, 4.69) is 23.9 Å². The molecule has 0 N–H and O–H groups in total. The van der Waals surface area contributed by atoms with Gasteiger partial charge in [0.2, 0.25) is 0 Å². The first kappa shape index (κ1) is 8.75. The highest BCUT2D eigenvalue weighted by molar-refractivity contribution is 4.95. The zero-order chi connectivity index (χ0) is 9.26. The Balaban J connectivity index is 2.01. The molecule has 2 unspecified atom stereocenters. The van der Waals surface area contributed by atoms with Gasteiger partial charge in [0, 0.05) is 18.2 Å². The third-order valence-corrected chi connectivity index (χ3v) is 2.96. The van der Waals surface area contributed by atoms with Crippen molar-refractivity contribution in [2.24, 2.45) is 0 Å². The maximum atomic E-state index is 5.10. The maximum absolute atomic E-state index is 5.10. The average molecular weight is 180 g/mol. The normalized spacial score (nSPS) is 29.7. The molecule has 3 nitrogen and oxygen atoms in total. The fraction of sp³-hybridized carbons (Fsp3) is 0.700. The van der Waals surface area contributed by atoms with Gasteiger partial charge in [0.15, 0.2) is 5.76 Å². The molecule has 1 aromatic heterocycles. The Hall–Kier alpha value is -0.830. The van der Waals surface area contributed by atoms with Crippen LogP contribution in [0.1, 0.15) is 32.4 Å². The molecule has 1 aliphatic heterocycles. The predicted octanol–water partition coefficient (Wildman–Crippen LogP) is 2.05. The molecule has 2 rings (SSSR count). The van der Waals surface area contributed by atoms with Gasteiger partial charge >= 0.3 is 0 Å². The van der Waals surface area contributed by atoms with Crippen LogP contribution in [0.5, 0.6) is 0 Å². The van der Waals surface area contributed by atoms with Crippen LogP contribution in [0.4, 0.5) is 0 Å². The summed E-state index contributed by atoms with van der Waals surface area (Å²) in [6, 6.07) is 3.30. The van der Waals surface area contributed by atoms with Crippen molar-refractivity contribution in [1.82, 2.24) is 10.1 Å². The Labute approximate surface area is 78.7 Å². The monoisotopic (exact) mass is 180 g/mol. The van der Waals surface area contributed by atoms with E-state index in [0.29, 0.717) is 12.1 Å². The summed E-state index contributed by atoms with van der Waals surface area (Å²) >= 11 is 0. The molecule has 13 heavy (non-hydrogen) atoms. The molecule has 0 radical (unpaired) electrons. The smallest absolute Gasteiger partial charge is 0.150 e. The standard InChI is InChI=1S/C10H16N2O/c1-8-3-4-9(2)12(8)7-10-5-6-11-13-10/h5-6,8-9H,3-4,7H2,1-2H3. The molecule has 0 saturated carbocycles. The minimum atomic E-state index is 0.681. The van der Waals surface area contributed by atoms with Gasteiger partial charge in [-0.15, -0.1) is 0 Å². The molecule has 0 bridgehead atoms. The highest BCUT2D eigenvalue weighted by Crippen LogP contribution is 2.25. The Morgan fingerprint density at radius 3 is 2.69 bits per heavy atom. The molecule has 2 atom stereocenters. The molecular weight excluding hydrogens is 164 g/mol. The summed E-state index contributed by atoms with van der Waals surface area (Å²) in [6.07, 6.45) is 4.31. The third kappa shape index (κ3) is 1.75. The first-order valence-corrected chi connectivity index (χ1v) is 4.92. The van der Waals surface area contributed by atoms with Crippen LogP contribution in [0.25, 0.3) is 0 Å². The van der Waals surface area contributed by atoms with Crippen LogP contribution < -0.4 is 0 Å². The van der Waals surface area contributed by atoms with Crippen LogP contribution in [0.15, 0.2) is 16.8 Å². The SMILES string of the molecule is CC1CCC(C)N1Cc1ccno1. The van der Waals surface area contributed by atoms with Gasteiger partial charge in [-0.1, -0.05) is 5.16 Å². The fourth-order valence-corrected chi connectivity index (χ4v) is 2.06. The average Bonchev–Trinajstić information content (AvgIpc) is 2.70. The summed E-state index contributed by atoms with van der Waals surface area (Å²) in [5.41, 5.74) is 0. The zero-order valence-corrected chi connectivity index (χ0v) is 8.23. The van der Waals surface area contributed by atoms with E-state index in [4.69, 9.17) is 4.52 Å². The third-order valence-electron chi connectivity index (χ3n) is 2.96. The fourth-order valence-electron chi connectivity index (χ4n) is 2.06. The van der Waals surface area contributed by atoms with Crippen LogP contribution in [0, 0.1) is 0 Å². The van der Waals surface area contributed by atoms with Crippen LogP contribution in [0.2, 0.25) is 0 Å². The summed E-state index contributed by atoms with van der Waals surface area (Å²) in [6.45, 7) is 5.46. The van der Waals surface area contributed by atoms with E-state index < -0.39 is 0 Å². The van der Waals surface area contributed by atoms with Crippen LogP contribution >= 0.6 is 0 Å².